The fraction of sp³-hybridized carbons (Fsp3) is 0.333. The molecular formula is C15H19NS. The summed E-state index contributed by atoms with van der Waals surface area (Å²) in [6.07, 6.45) is 1.10. The van der Waals surface area contributed by atoms with Crippen LogP contribution in [0.25, 0.3) is 0 Å². The Kier molecular flexibility index (Phi) is 3.97. The van der Waals surface area contributed by atoms with Gasteiger partial charge < -0.3 is 5.32 Å². The molecule has 0 saturated heterocycles. The molecule has 0 spiro atoms. The fourth-order valence-corrected chi connectivity index (χ4v) is 2.82. The third kappa shape index (κ3) is 2.76. The van der Waals surface area contributed by atoms with Gasteiger partial charge >= 0.3 is 0 Å². The average molecular weight is 245 g/mol. The molecule has 0 aliphatic rings. The van der Waals surface area contributed by atoms with Crippen molar-refractivity contribution in [1.29, 1.82) is 0 Å². The monoisotopic (exact) mass is 245 g/mol. The van der Waals surface area contributed by atoms with Gasteiger partial charge in [0.05, 0.1) is 6.04 Å². The molecule has 0 radical (unpaired) electrons. The van der Waals surface area contributed by atoms with E-state index in [9.17, 15) is 0 Å². The summed E-state index contributed by atoms with van der Waals surface area (Å²) in [5.41, 5.74) is 4.09. The van der Waals surface area contributed by atoms with Crippen LogP contribution in [-0.4, -0.2) is 7.05 Å². The van der Waals surface area contributed by atoms with Crippen LogP contribution in [0.4, 0.5) is 0 Å². The molecule has 1 atom stereocenters. The van der Waals surface area contributed by atoms with E-state index < -0.39 is 0 Å². The summed E-state index contributed by atoms with van der Waals surface area (Å²) in [7, 11) is 2.02. The Morgan fingerprint density at radius 3 is 2.35 bits per heavy atom. The van der Waals surface area contributed by atoms with E-state index in [1.807, 2.05) is 18.4 Å². The highest BCUT2D eigenvalue weighted by Crippen LogP contribution is 2.26. The molecule has 1 N–H and O–H groups in total. The van der Waals surface area contributed by atoms with Gasteiger partial charge in [0.1, 0.15) is 0 Å². The van der Waals surface area contributed by atoms with Gasteiger partial charge in [0.15, 0.2) is 0 Å². The van der Waals surface area contributed by atoms with E-state index in [1.54, 1.807) is 0 Å². The number of hydrogen-bond acceptors (Lipinski definition) is 2. The minimum absolute atomic E-state index is 0.311. The molecule has 1 aromatic heterocycles. The maximum absolute atomic E-state index is 3.39. The maximum atomic E-state index is 3.39. The standard InChI is InChI=1S/C15H19NS/c1-4-12-5-7-13(8-6-12)15(16-3)14-9-11(2)17-10-14/h5-10,15-16H,4H2,1-3H3. The number of benzene rings is 1. The molecule has 0 amide bonds. The van der Waals surface area contributed by atoms with Gasteiger partial charge in [-0.3, -0.25) is 0 Å². The minimum atomic E-state index is 0.311. The van der Waals surface area contributed by atoms with Crippen LogP contribution in [0.5, 0.6) is 0 Å². The molecule has 1 unspecified atom stereocenters. The molecule has 0 aliphatic heterocycles. The molecular weight excluding hydrogens is 226 g/mol. The molecule has 0 saturated carbocycles. The van der Waals surface area contributed by atoms with E-state index >= 15 is 0 Å². The molecule has 2 heteroatoms. The molecule has 90 valence electrons. The quantitative estimate of drug-likeness (QED) is 0.860. The third-order valence-electron chi connectivity index (χ3n) is 3.09. The second-order valence-electron chi connectivity index (χ2n) is 4.31. The first-order valence-electron chi connectivity index (χ1n) is 6.05. The zero-order valence-electron chi connectivity index (χ0n) is 10.7. The van der Waals surface area contributed by atoms with E-state index in [-0.39, 0.29) is 0 Å². The fourth-order valence-electron chi connectivity index (χ4n) is 2.09. The van der Waals surface area contributed by atoms with Crippen molar-refractivity contribution >= 4 is 11.3 Å². The maximum Gasteiger partial charge on any atom is 0.0582 e. The van der Waals surface area contributed by atoms with Crippen LogP contribution in [0.3, 0.4) is 0 Å². The number of hydrogen-bond donors (Lipinski definition) is 1. The largest absolute Gasteiger partial charge is 0.309 e. The lowest BCUT2D eigenvalue weighted by atomic mass is 9.99. The smallest absolute Gasteiger partial charge is 0.0582 e. The van der Waals surface area contributed by atoms with Crippen molar-refractivity contribution in [2.24, 2.45) is 0 Å². The summed E-state index contributed by atoms with van der Waals surface area (Å²) in [6, 6.07) is 11.5. The van der Waals surface area contributed by atoms with Gasteiger partial charge in [0, 0.05) is 4.88 Å². The van der Waals surface area contributed by atoms with Crippen molar-refractivity contribution in [1.82, 2.24) is 5.32 Å². The van der Waals surface area contributed by atoms with E-state index in [0.29, 0.717) is 6.04 Å². The zero-order chi connectivity index (χ0) is 12.3. The van der Waals surface area contributed by atoms with Crippen LogP contribution in [0, 0.1) is 6.92 Å². The summed E-state index contributed by atoms with van der Waals surface area (Å²) in [5.74, 6) is 0. The summed E-state index contributed by atoms with van der Waals surface area (Å²) >= 11 is 1.81. The number of nitrogens with one attached hydrogen (secondary N) is 1. The second kappa shape index (κ2) is 5.48. The Morgan fingerprint density at radius 1 is 1.18 bits per heavy atom. The highest BCUT2D eigenvalue weighted by molar-refractivity contribution is 7.10. The molecule has 1 heterocycles. The Labute approximate surface area is 108 Å². The van der Waals surface area contributed by atoms with Crippen LogP contribution in [0.15, 0.2) is 35.7 Å². The van der Waals surface area contributed by atoms with Gasteiger partial charge in [0.25, 0.3) is 0 Å². The molecule has 1 aromatic carbocycles. The SMILES string of the molecule is CCc1ccc(C(NC)c2csc(C)c2)cc1. The highest BCUT2D eigenvalue weighted by atomic mass is 32.1. The van der Waals surface area contributed by atoms with Crippen molar-refractivity contribution in [3.63, 3.8) is 0 Å². The topological polar surface area (TPSA) is 12.0 Å². The first-order chi connectivity index (χ1) is 8.24. The van der Waals surface area contributed by atoms with Crippen molar-refractivity contribution in [3.05, 3.63) is 57.3 Å². The van der Waals surface area contributed by atoms with E-state index in [1.165, 1.54) is 21.6 Å². The van der Waals surface area contributed by atoms with Gasteiger partial charge in [0.2, 0.25) is 0 Å². The summed E-state index contributed by atoms with van der Waals surface area (Å²) < 4.78 is 0. The molecule has 0 fully saturated rings. The van der Waals surface area contributed by atoms with E-state index in [2.05, 4.69) is 54.9 Å². The number of thiophene rings is 1. The first-order valence-corrected chi connectivity index (χ1v) is 6.93. The highest BCUT2D eigenvalue weighted by Gasteiger charge is 2.12. The van der Waals surface area contributed by atoms with Gasteiger partial charge in [-0.2, -0.15) is 0 Å². The molecule has 0 aliphatic carbocycles. The average Bonchev–Trinajstić information content (AvgIpc) is 2.78. The Morgan fingerprint density at radius 2 is 1.88 bits per heavy atom. The molecule has 17 heavy (non-hydrogen) atoms. The van der Waals surface area contributed by atoms with Crippen molar-refractivity contribution in [2.45, 2.75) is 26.3 Å². The van der Waals surface area contributed by atoms with Gasteiger partial charge in [-0.1, -0.05) is 31.2 Å². The van der Waals surface area contributed by atoms with Crippen LogP contribution in [0.1, 0.15) is 34.5 Å². The zero-order valence-corrected chi connectivity index (χ0v) is 11.5. The van der Waals surface area contributed by atoms with Gasteiger partial charge in [-0.15, -0.1) is 11.3 Å². The van der Waals surface area contributed by atoms with Crippen LogP contribution >= 0.6 is 11.3 Å². The van der Waals surface area contributed by atoms with Crippen molar-refractivity contribution in [2.75, 3.05) is 7.05 Å². The van der Waals surface area contributed by atoms with E-state index in [4.69, 9.17) is 0 Å². The van der Waals surface area contributed by atoms with Gasteiger partial charge in [-0.25, -0.2) is 0 Å². The predicted octanol–water partition coefficient (Wildman–Crippen LogP) is 3.93. The Balaban J connectivity index is 2.28. The normalized spacial score (nSPS) is 12.6. The predicted molar refractivity (Wildman–Crippen MR) is 75.8 cm³/mol. The third-order valence-corrected chi connectivity index (χ3v) is 3.97. The lowest BCUT2D eigenvalue weighted by Crippen LogP contribution is -2.16. The minimum Gasteiger partial charge on any atom is -0.309 e. The molecule has 1 nitrogen and oxygen atoms in total. The second-order valence-corrected chi connectivity index (χ2v) is 5.42. The molecule has 2 rings (SSSR count). The van der Waals surface area contributed by atoms with Crippen molar-refractivity contribution in [3.8, 4) is 0 Å². The summed E-state index contributed by atoms with van der Waals surface area (Å²) in [4.78, 5) is 1.37. The molecule has 2 aromatic rings. The number of rotatable bonds is 4. The van der Waals surface area contributed by atoms with Crippen LogP contribution < -0.4 is 5.32 Å². The van der Waals surface area contributed by atoms with Gasteiger partial charge in [-0.05, 0) is 48.5 Å². The van der Waals surface area contributed by atoms with Crippen molar-refractivity contribution < 1.29 is 0 Å². The lowest BCUT2D eigenvalue weighted by Gasteiger charge is -2.15. The summed E-state index contributed by atoms with van der Waals surface area (Å²) in [5, 5.41) is 5.63. The lowest BCUT2D eigenvalue weighted by molar-refractivity contribution is 0.693. The van der Waals surface area contributed by atoms with Crippen LogP contribution in [0.2, 0.25) is 0 Å². The first kappa shape index (κ1) is 12.3. The summed E-state index contributed by atoms with van der Waals surface area (Å²) in [6.45, 7) is 4.34. The molecule has 0 bridgehead atoms. The van der Waals surface area contributed by atoms with E-state index in [0.717, 1.165) is 6.42 Å². The Bertz CT molecular complexity index is 470. The Hall–Kier alpha value is -1.12. The number of aryl methyl sites for hydroxylation is 2. The van der Waals surface area contributed by atoms with Crippen LogP contribution in [-0.2, 0) is 6.42 Å².